The van der Waals surface area contributed by atoms with Gasteiger partial charge in [-0.2, -0.15) is 0 Å². The molecule has 59 heavy (non-hydrogen) atoms. The summed E-state index contributed by atoms with van der Waals surface area (Å²) < 4.78 is 16.7. The van der Waals surface area contributed by atoms with Gasteiger partial charge in [-0.3, -0.25) is 14.4 Å². The summed E-state index contributed by atoms with van der Waals surface area (Å²) in [6.45, 7) is 6.55. The Hall–Kier alpha value is -2.63. The van der Waals surface area contributed by atoms with Gasteiger partial charge >= 0.3 is 17.9 Å². The first-order chi connectivity index (χ1) is 29.0. The first-order valence-corrected chi connectivity index (χ1v) is 25.2. The zero-order valence-electron chi connectivity index (χ0n) is 39.0. The molecule has 0 saturated heterocycles. The first kappa shape index (κ1) is 56.4. The zero-order valence-corrected chi connectivity index (χ0v) is 39.0. The summed E-state index contributed by atoms with van der Waals surface area (Å²) in [6.07, 6.45) is 56.8. The quantitative estimate of drug-likeness (QED) is 0.0200. The minimum absolute atomic E-state index is 0.102. The van der Waals surface area contributed by atoms with E-state index < -0.39 is 6.10 Å². The molecule has 0 bridgehead atoms. The SMILES string of the molecule is CCCCCCCC/C=C\C/C=C\CCC(=O)OC(COC(=O)CCCCC/C=C\C=C/CCCCCCCCC)COC(=O)CCCCCCCCCCCCCC. The fourth-order valence-corrected chi connectivity index (χ4v) is 7.02. The molecule has 1 unspecified atom stereocenters. The van der Waals surface area contributed by atoms with Crippen LogP contribution in [-0.2, 0) is 28.6 Å². The number of esters is 3. The number of unbranched alkanes of at least 4 members (excludes halogenated alkanes) is 27. The predicted molar refractivity (Wildman–Crippen MR) is 252 cm³/mol. The van der Waals surface area contributed by atoms with Crippen molar-refractivity contribution in [2.45, 2.75) is 258 Å². The van der Waals surface area contributed by atoms with Crippen LogP contribution in [0.3, 0.4) is 0 Å². The van der Waals surface area contributed by atoms with Crippen LogP contribution < -0.4 is 0 Å². The van der Waals surface area contributed by atoms with Crippen LogP contribution in [-0.4, -0.2) is 37.2 Å². The lowest BCUT2D eigenvalue weighted by molar-refractivity contribution is -0.166. The van der Waals surface area contributed by atoms with Crippen molar-refractivity contribution in [3.8, 4) is 0 Å². The van der Waals surface area contributed by atoms with Gasteiger partial charge in [0.2, 0.25) is 0 Å². The molecular formula is C53H94O6. The maximum Gasteiger partial charge on any atom is 0.306 e. The van der Waals surface area contributed by atoms with E-state index in [2.05, 4.69) is 63.3 Å². The molecule has 0 N–H and O–H groups in total. The highest BCUT2D eigenvalue weighted by Gasteiger charge is 2.19. The van der Waals surface area contributed by atoms with Gasteiger partial charge in [-0.05, 0) is 64.2 Å². The molecule has 6 heteroatoms. The van der Waals surface area contributed by atoms with Gasteiger partial charge in [0.05, 0.1) is 0 Å². The third-order valence-corrected chi connectivity index (χ3v) is 10.8. The third kappa shape index (κ3) is 46.3. The highest BCUT2D eigenvalue weighted by molar-refractivity contribution is 5.71. The topological polar surface area (TPSA) is 78.9 Å². The van der Waals surface area contributed by atoms with E-state index >= 15 is 0 Å². The molecule has 0 saturated carbocycles. The Bertz CT molecular complexity index is 1040. The predicted octanol–water partition coefficient (Wildman–Crippen LogP) is 16.3. The summed E-state index contributed by atoms with van der Waals surface area (Å²) in [6, 6.07) is 0. The second kappa shape index (κ2) is 48.0. The van der Waals surface area contributed by atoms with E-state index in [-0.39, 0.29) is 37.5 Å². The lowest BCUT2D eigenvalue weighted by atomic mass is 10.0. The normalized spacial score (nSPS) is 12.4. The summed E-state index contributed by atoms with van der Waals surface area (Å²) >= 11 is 0. The van der Waals surface area contributed by atoms with Crippen molar-refractivity contribution in [1.82, 2.24) is 0 Å². The van der Waals surface area contributed by atoms with Crippen LogP contribution in [0.4, 0.5) is 0 Å². The number of hydrogen-bond acceptors (Lipinski definition) is 6. The van der Waals surface area contributed by atoms with E-state index in [4.69, 9.17) is 14.2 Å². The van der Waals surface area contributed by atoms with Crippen molar-refractivity contribution in [3.63, 3.8) is 0 Å². The molecule has 0 rings (SSSR count). The molecule has 0 aromatic rings. The van der Waals surface area contributed by atoms with Crippen LogP contribution in [0.15, 0.2) is 48.6 Å². The van der Waals surface area contributed by atoms with Gasteiger partial charge in [0, 0.05) is 19.3 Å². The molecular weight excluding hydrogens is 733 g/mol. The van der Waals surface area contributed by atoms with Crippen LogP contribution in [0.5, 0.6) is 0 Å². The molecule has 0 aliphatic carbocycles. The molecule has 0 aromatic heterocycles. The molecule has 342 valence electrons. The Balaban J connectivity index is 4.46. The van der Waals surface area contributed by atoms with E-state index in [9.17, 15) is 14.4 Å². The second-order valence-corrected chi connectivity index (χ2v) is 16.8. The van der Waals surface area contributed by atoms with Crippen LogP contribution in [0.2, 0.25) is 0 Å². The monoisotopic (exact) mass is 827 g/mol. The number of allylic oxidation sites excluding steroid dienone is 8. The molecule has 0 heterocycles. The molecule has 1 atom stereocenters. The number of hydrogen-bond donors (Lipinski definition) is 0. The van der Waals surface area contributed by atoms with Crippen LogP contribution in [0.1, 0.15) is 252 Å². The second-order valence-electron chi connectivity index (χ2n) is 16.8. The molecule has 0 aliphatic rings. The van der Waals surface area contributed by atoms with Gasteiger partial charge in [-0.15, -0.1) is 0 Å². The smallest absolute Gasteiger partial charge is 0.306 e. The highest BCUT2D eigenvalue weighted by Crippen LogP contribution is 2.14. The maximum absolute atomic E-state index is 12.7. The van der Waals surface area contributed by atoms with E-state index in [0.29, 0.717) is 19.3 Å². The van der Waals surface area contributed by atoms with Crippen LogP contribution in [0.25, 0.3) is 0 Å². The Labute approximate surface area is 365 Å². The minimum atomic E-state index is -0.810. The fraction of sp³-hybridized carbons (Fsp3) is 0.792. The fourth-order valence-electron chi connectivity index (χ4n) is 7.02. The number of ether oxygens (including phenoxy) is 3. The molecule has 0 spiro atoms. The molecule has 0 aliphatic heterocycles. The summed E-state index contributed by atoms with van der Waals surface area (Å²) in [4.78, 5) is 37.8. The number of carbonyl (C=O) groups is 3. The summed E-state index contributed by atoms with van der Waals surface area (Å²) in [5.74, 6) is -0.994. The molecule has 0 fully saturated rings. The lowest BCUT2D eigenvalue weighted by Gasteiger charge is -2.18. The first-order valence-electron chi connectivity index (χ1n) is 25.2. The molecule has 0 aromatic carbocycles. The summed E-state index contributed by atoms with van der Waals surface area (Å²) in [7, 11) is 0. The van der Waals surface area contributed by atoms with Crippen molar-refractivity contribution in [2.75, 3.05) is 13.2 Å². The van der Waals surface area contributed by atoms with Gasteiger partial charge in [-0.1, -0.05) is 217 Å². The Morgan fingerprint density at radius 3 is 1.12 bits per heavy atom. The van der Waals surface area contributed by atoms with Gasteiger partial charge < -0.3 is 14.2 Å². The van der Waals surface area contributed by atoms with E-state index in [1.165, 1.54) is 141 Å². The highest BCUT2D eigenvalue weighted by atomic mass is 16.6. The number of rotatable bonds is 45. The van der Waals surface area contributed by atoms with Gasteiger partial charge in [0.1, 0.15) is 13.2 Å². The molecule has 0 radical (unpaired) electrons. The Kier molecular flexibility index (Phi) is 45.9. The van der Waals surface area contributed by atoms with Gasteiger partial charge in [0.15, 0.2) is 6.10 Å². The Morgan fingerprint density at radius 2 is 0.695 bits per heavy atom. The third-order valence-electron chi connectivity index (χ3n) is 10.8. The number of carbonyl (C=O) groups excluding carboxylic acids is 3. The van der Waals surface area contributed by atoms with Crippen molar-refractivity contribution in [3.05, 3.63) is 48.6 Å². The lowest BCUT2D eigenvalue weighted by Crippen LogP contribution is -2.30. The average Bonchev–Trinajstić information content (AvgIpc) is 3.23. The minimum Gasteiger partial charge on any atom is -0.462 e. The Morgan fingerprint density at radius 1 is 0.356 bits per heavy atom. The van der Waals surface area contributed by atoms with Crippen molar-refractivity contribution in [1.29, 1.82) is 0 Å². The van der Waals surface area contributed by atoms with Gasteiger partial charge in [-0.25, -0.2) is 0 Å². The standard InChI is InChI=1S/C53H94O6/c1-4-7-10-13-16-19-22-25-26-27-29-31-34-37-40-43-46-52(55)58-49-50(48-57-51(54)45-42-39-36-33-30-24-21-18-15-12-9-6-3)59-53(56)47-44-41-38-35-32-28-23-20-17-14-11-8-5-2/h26-29,31-32,38,41,50H,4-25,30,33-37,39-40,42-49H2,1-3H3/b27-26-,31-29-,32-28-,41-38-. The van der Waals surface area contributed by atoms with E-state index in [0.717, 1.165) is 64.2 Å². The van der Waals surface area contributed by atoms with Crippen LogP contribution >= 0.6 is 0 Å². The average molecular weight is 827 g/mol. The van der Waals surface area contributed by atoms with E-state index in [1.54, 1.807) is 0 Å². The molecule has 6 nitrogen and oxygen atoms in total. The molecule has 0 amide bonds. The van der Waals surface area contributed by atoms with Gasteiger partial charge in [0.25, 0.3) is 0 Å². The van der Waals surface area contributed by atoms with E-state index in [1.807, 2.05) is 6.08 Å². The van der Waals surface area contributed by atoms with Crippen molar-refractivity contribution < 1.29 is 28.6 Å². The summed E-state index contributed by atoms with van der Waals surface area (Å²) in [5, 5.41) is 0. The summed E-state index contributed by atoms with van der Waals surface area (Å²) in [5.41, 5.74) is 0. The van der Waals surface area contributed by atoms with Crippen LogP contribution in [0, 0.1) is 0 Å². The van der Waals surface area contributed by atoms with Crippen molar-refractivity contribution in [2.24, 2.45) is 0 Å². The zero-order chi connectivity index (χ0) is 43.0. The maximum atomic E-state index is 12.7. The largest absolute Gasteiger partial charge is 0.462 e. The van der Waals surface area contributed by atoms with Crippen molar-refractivity contribution >= 4 is 17.9 Å².